The lowest BCUT2D eigenvalue weighted by atomic mass is 9.86. The van der Waals surface area contributed by atoms with Gasteiger partial charge in [0, 0.05) is 19.1 Å². The van der Waals surface area contributed by atoms with Gasteiger partial charge in [-0.3, -0.25) is 4.79 Å². The van der Waals surface area contributed by atoms with Crippen molar-refractivity contribution < 1.29 is 19.0 Å². The van der Waals surface area contributed by atoms with Gasteiger partial charge in [-0.05, 0) is 56.2 Å². The number of ether oxygens (including phenoxy) is 3. The van der Waals surface area contributed by atoms with Gasteiger partial charge in [-0.2, -0.15) is 0 Å². The molecule has 0 atom stereocenters. The summed E-state index contributed by atoms with van der Waals surface area (Å²) >= 11 is 0. The molecule has 1 amide bonds. The van der Waals surface area contributed by atoms with Crippen LogP contribution in [0.2, 0.25) is 0 Å². The minimum absolute atomic E-state index is 0.131. The van der Waals surface area contributed by atoms with Crippen molar-refractivity contribution in [3.05, 3.63) is 23.8 Å². The molecule has 0 radical (unpaired) electrons. The molecule has 1 saturated carbocycles. The van der Waals surface area contributed by atoms with Crippen molar-refractivity contribution in [3.63, 3.8) is 0 Å². The zero-order valence-electron chi connectivity index (χ0n) is 16.4. The van der Waals surface area contributed by atoms with Gasteiger partial charge < -0.3 is 19.5 Å². The van der Waals surface area contributed by atoms with Crippen LogP contribution in [0.3, 0.4) is 0 Å². The lowest BCUT2D eigenvalue weighted by molar-refractivity contribution is -0.126. The maximum Gasteiger partial charge on any atom is 0.223 e. The fourth-order valence-corrected chi connectivity index (χ4v) is 3.40. The second-order valence-corrected chi connectivity index (χ2v) is 6.93. The van der Waals surface area contributed by atoms with Crippen LogP contribution < -0.4 is 14.8 Å². The minimum atomic E-state index is 0.131. The number of methoxy groups -OCH3 is 2. The highest BCUT2D eigenvalue weighted by Gasteiger charge is 2.26. The van der Waals surface area contributed by atoms with E-state index >= 15 is 0 Å². The van der Waals surface area contributed by atoms with Crippen molar-refractivity contribution in [2.24, 2.45) is 5.92 Å². The van der Waals surface area contributed by atoms with E-state index in [1.54, 1.807) is 14.2 Å². The molecule has 1 aromatic carbocycles. The average Bonchev–Trinajstić information content (AvgIpc) is 2.68. The monoisotopic (exact) mass is 363 g/mol. The molecule has 26 heavy (non-hydrogen) atoms. The van der Waals surface area contributed by atoms with Gasteiger partial charge in [0.2, 0.25) is 5.91 Å². The highest BCUT2D eigenvalue weighted by atomic mass is 16.5. The predicted octanol–water partition coefficient (Wildman–Crippen LogP) is 3.74. The molecule has 0 unspecified atom stereocenters. The number of carbonyl (C=O) groups excluding carboxylic acids is 1. The van der Waals surface area contributed by atoms with E-state index in [1.807, 2.05) is 18.2 Å². The minimum Gasteiger partial charge on any atom is -0.493 e. The summed E-state index contributed by atoms with van der Waals surface area (Å²) < 4.78 is 16.4. The Bertz CT molecular complexity index is 553. The first-order valence-electron chi connectivity index (χ1n) is 9.78. The van der Waals surface area contributed by atoms with Crippen LogP contribution in [0.25, 0.3) is 0 Å². The van der Waals surface area contributed by atoms with E-state index in [0.717, 1.165) is 68.6 Å². The van der Waals surface area contributed by atoms with Crippen molar-refractivity contribution in [1.82, 2.24) is 5.32 Å². The summed E-state index contributed by atoms with van der Waals surface area (Å²) in [6.45, 7) is 3.66. The third-order valence-corrected chi connectivity index (χ3v) is 5.06. The molecule has 0 aromatic heterocycles. The Kier molecular flexibility index (Phi) is 8.75. The number of hydrogen-bond acceptors (Lipinski definition) is 4. The Morgan fingerprint density at radius 3 is 2.50 bits per heavy atom. The van der Waals surface area contributed by atoms with Crippen LogP contribution in [0.1, 0.15) is 51.0 Å². The lowest BCUT2D eigenvalue weighted by Crippen LogP contribution is -2.35. The van der Waals surface area contributed by atoms with E-state index in [9.17, 15) is 4.79 Å². The summed E-state index contributed by atoms with van der Waals surface area (Å²) in [5.74, 6) is 1.75. The van der Waals surface area contributed by atoms with Gasteiger partial charge in [-0.1, -0.05) is 19.4 Å². The Labute approximate surface area is 157 Å². The second kappa shape index (κ2) is 11.1. The fourth-order valence-electron chi connectivity index (χ4n) is 3.40. The summed E-state index contributed by atoms with van der Waals surface area (Å²) in [5.41, 5.74) is 1.12. The molecule has 1 N–H and O–H groups in total. The number of amides is 1. The molecule has 1 aliphatic rings. The molecule has 2 rings (SSSR count). The maximum absolute atomic E-state index is 12.4. The number of unbranched alkanes of at least 4 members (excludes halogenated alkanes) is 1. The molecule has 0 spiro atoms. The first kappa shape index (κ1) is 20.6. The van der Waals surface area contributed by atoms with Crippen LogP contribution in [0.15, 0.2) is 18.2 Å². The highest BCUT2D eigenvalue weighted by Crippen LogP contribution is 2.28. The largest absolute Gasteiger partial charge is 0.493 e. The highest BCUT2D eigenvalue weighted by molar-refractivity contribution is 5.78. The molecule has 1 aromatic rings. The molecule has 5 nitrogen and oxygen atoms in total. The van der Waals surface area contributed by atoms with Crippen LogP contribution in [-0.2, 0) is 16.0 Å². The summed E-state index contributed by atoms with van der Waals surface area (Å²) in [6, 6.07) is 5.87. The zero-order chi connectivity index (χ0) is 18.8. The Hall–Kier alpha value is -1.75. The molecule has 5 heteroatoms. The Balaban J connectivity index is 1.69. The van der Waals surface area contributed by atoms with Crippen LogP contribution >= 0.6 is 0 Å². The Morgan fingerprint density at radius 2 is 1.85 bits per heavy atom. The van der Waals surface area contributed by atoms with Gasteiger partial charge >= 0.3 is 0 Å². The van der Waals surface area contributed by atoms with E-state index in [4.69, 9.17) is 14.2 Å². The molecular weight excluding hydrogens is 330 g/mol. The molecule has 0 heterocycles. The molecular formula is C21H33NO4. The van der Waals surface area contributed by atoms with Crippen LogP contribution in [0, 0.1) is 5.92 Å². The fraction of sp³-hybridized carbons (Fsp3) is 0.667. The second-order valence-electron chi connectivity index (χ2n) is 6.93. The van der Waals surface area contributed by atoms with Gasteiger partial charge in [0.25, 0.3) is 0 Å². The summed E-state index contributed by atoms with van der Waals surface area (Å²) in [4.78, 5) is 12.4. The van der Waals surface area contributed by atoms with Gasteiger partial charge in [0.05, 0.1) is 20.3 Å². The third kappa shape index (κ3) is 6.20. The van der Waals surface area contributed by atoms with Crippen molar-refractivity contribution >= 4 is 5.91 Å². The summed E-state index contributed by atoms with van der Waals surface area (Å²) in [7, 11) is 3.26. The first-order valence-corrected chi connectivity index (χ1v) is 9.78. The molecule has 0 bridgehead atoms. The van der Waals surface area contributed by atoms with Gasteiger partial charge in [0.15, 0.2) is 11.5 Å². The van der Waals surface area contributed by atoms with Crippen LogP contribution in [0.4, 0.5) is 0 Å². The zero-order valence-corrected chi connectivity index (χ0v) is 16.4. The van der Waals surface area contributed by atoms with Crippen LogP contribution in [-0.4, -0.2) is 39.4 Å². The third-order valence-electron chi connectivity index (χ3n) is 5.06. The number of rotatable bonds is 10. The topological polar surface area (TPSA) is 56.8 Å². The number of benzene rings is 1. The number of carbonyl (C=O) groups is 1. The van der Waals surface area contributed by atoms with Crippen molar-refractivity contribution in [2.45, 2.75) is 58.0 Å². The molecule has 146 valence electrons. The molecule has 0 aliphatic heterocycles. The van der Waals surface area contributed by atoms with E-state index in [1.165, 1.54) is 0 Å². The van der Waals surface area contributed by atoms with E-state index in [2.05, 4.69) is 12.2 Å². The Morgan fingerprint density at radius 1 is 1.12 bits per heavy atom. The van der Waals surface area contributed by atoms with E-state index in [-0.39, 0.29) is 11.8 Å². The molecule has 0 saturated heterocycles. The van der Waals surface area contributed by atoms with Gasteiger partial charge in [-0.15, -0.1) is 0 Å². The molecule has 1 aliphatic carbocycles. The summed E-state index contributed by atoms with van der Waals surface area (Å²) in [5, 5.41) is 3.08. The normalized spacial score (nSPS) is 19.8. The van der Waals surface area contributed by atoms with E-state index < -0.39 is 0 Å². The quantitative estimate of drug-likeness (QED) is 0.644. The lowest BCUT2D eigenvalue weighted by Gasteiger charge is -2.27. The first-order chi connectivity index (χ1) is 12.7. The van der Waals surface area contributed by atoms with Crippen LogP contribution in [0.5, 0.6) is 11.5 Å². The average molecular weight is 363 g/mol. The molecule has 1 fully saturated rings. The van der Waals surface area contributed by atoms with Gasteiger partial charge in [-0.25, -0.2) is 0 Å². The van der Waals surface area contributed by atoms with E-state index in [0.29, 0.717) is 12.6 Å². The SMILES string of the molecule is CCCCOC1CCC(C(=O)NCCc2ccc(OC)c(OC)c2)CC1. The standard InChI is InChI=1S/C21H33NO4/c1-4-5-14-26-18-9-7-17(8-10-18)21(23)22-13-12-16-6-11-19(24-2)20(15-16)25-3/h6,11,15,17-18H,4-5,7-10,12-14H2,1-3H3,(H,22,23). The predicted molar refractivity (Wildman–Crippen MR) is 103 cm³/mol. The smallest absolute Gasteiger partial charge is 0.223 e. The van der Waals surface area contributed by atoms with Gasteiger partial charge in [0.1, 0.15) is 0 Å². The van der Waals surface area contributed by atoms with Crippen molar-refractivity contribution in [3.8, 4) is 11.5 Å². The number of nitrogens with one attached hydrogen (secondary N) is 1. The van der Waals surface area contributed by atoms with Crippen molar-refractivity contribution in [2.75, 3.05) is 27.4 Å². The number of hydrogen-bond donors (Lipinski definition) is 1. The van der Waals surface area contributed by atoms with Crippen molar-refractivity contribution in [1.29, 1.82) is 0 Å². The maximum atomic E-state index is 12.4. The summed E-state index contributed by atoms with van der Waals surface area (Å²) in [6.07, 6.45) is 7.26.